The fourth-order valence-electron chi connectivity index (χ4n) is 4.55. The van der Waals surface area contributed by atoms with E-state index in [9.17, 15) is 18.0 Å². The summed E-state index contributed by atoms with van der Waals surface area (Å²) < 4.78 is 28.8. The summed E-state index contributed by atoms with van der Waals surface area (Å²) in [6, 6.07) is 30.3. The quantitative estimate of drug-likeness (QED) is 0.260. The number of benzene rings is 4. The highest BCUT2D eigenvalue weighted by Gasteiger charge is 2.34. The van der Waals surface area contributed by atoms with E-state index in [4.69, 9.17) is 11.6 Å². The van der Waals surface area contributed by atoms with Crippen molar-refractivity contribution in [3.8, 4) is 0 Å². The van der Waals surface area contributed by atoms with E-state index >= 15 is 0 Å². The molecule has 0 saturated heterocycles. The summed E-state index contributed by atoms with van der Waals surface area (Å²) in [4.78, 5) is 29.1. The van der Waals surface area contributed by atoms with Crippen LogP contribution in [0.4, 0.5) is 5.69 Å². The Bertz CT molecular complexity index is 1580. The van der Waals surface area contributed by atoms with Crippen LogP contribution in [0, 0.1) is 6.92 Å². The van der Waals surface area contributed by atoms with Gasteiger partial charge in [-0.05, 0) is 60.0 Å². The average molecular weight is 590 g/mol. The molecule has 0 aromatic heterocycles. The Morgan fingerprint density at radius 3 is 2.02 bits per heavy atom. The minimum Gasteiger partial charge on any atom is -0.357 e. The minimum absolute atomic E-state index is 0.0420. The zero-order valence-electron chi connectivity index (χ0n) is 22.9. The maximum absolute atomic E-state index is 14.3. The molecule has 7 nitrogen and oxygen atoms in total. The van der Waals surface area contributed by atoms with E-state index < -0.39 is 28.5 Å². The Balaban J connectivity index is 1.78. The summed E-state index contributed by atoms with van der Waals surface area (Å²) in [6.07, 6.45) is 0.254. The van der Waals surface area contributed by atoms with Crippen molar-refractivity contribution >= 4 is 39.1 Å². The molecule has 41 heavy (non-hydrogen) atoms. The molecule has 0 fully saturated rings. The van der Waals surface area contributed by atoms with Gasteiger partial charge in [-0.2, -0.15) is 0 Å². The summed E-state index contributed by atoms with van der Waals surface area (Å²) in [5, 5.41) is 3.12. The van der Waals surface area contributed by atoms with E-state index in [0.717, 1.165) is 21.0 Å². The normalized spacial score (nSPS) is 11.9. The number of halogens is 1. The van der Waals surface area contributed by atoms with E-state index in [1.165, 1.54) is 24.1 Å². The third-order valence-corrected chi connectivity index (χ3v) is 8.88. The average Bonchev–Trinajstić information content (AvgIpc) is 2.99. The summed E-state index contributed by atoms with van der Waals surface area (Å²) in [6.45, 7) is 1.53. The van der Waals surface area contributed by atoms with Gasteiger partial charge in [0.2, 0.25) is 11.8 Å². The van der Waals surface area contributed by atoms with Gasteiger partial charge in [-0.3, -0.25) is 13.9 Å². The number of carbonyl (C=O) groups is 2. The van der Waals surface area contributed by atoms with E-state index in [2.05, 4.69) is 5.32 Å². The van der Waals surface area contributed by atoms with Crippen LogP contribution in [0.15, 0.2) is 114 Å². The Kier molecular flexibility index (Phi) is 9.81. The van der Waals surface area contributed by atoms with Gasteiger partial charge in [-0.15, -0.1) is 0 Å². The Morgan fingerprint density at radius 2 is 1.41 bits per heavy atom. The maximum atomic E-state index is 14.3. The first-order valence-corrected chi connectivity index (χ1v) is 15.0. The second-order valence-corrected chi connectivity index (χ2v) is 11.9. The molecule has 1 atom stereocenters. The highest BCUT2D eigenvalue weighted by Crippen LogP contribution is 2.26. The number of aryl methyl sites for hydroxylation is 1. The molecule has 4 aromatic rings. The van der Waals surface area contributed by atoms with Crippen LogP contribution in [0.25, 0.3) is 0 Å². The van der Waals surface area contributed by atoms with Gasteiger partial charge >= 0.3 is 0 Å². The number of rotatable bonds is 11. The number of nitrogens with zero attached hydrogens (tertiary/aromatic N) is 2. The number of carbonyl (C=O) groups excluding carboxylic acids is 2. The van der Waals surface area contributed by atoms with Gasteiger partial charge in [0.05, 0.1) is 10.6 Å². The first-order chi connectivity index (χ1) is 19.7. The fraction of sp³-hybridized carbons (Fsp3) is 0.188. The molecule has 212 valence electrons. The van der Waals surface area contributed by atoms with Crippen molar-refractivity contribution in [2.75, 3.05) is 17.9 Å². The molecule has 0 saturated carbocycles. The van der Waals surface area contributed by atoms with E-state index in [1.807, 2.05) is 61.5 Å². The van der Waals surface area contributed by atoms with Crippen molar-refractivity contribution < 1.29 is 18.0 Å². The van der Waals surface area contributed by atoms with E-state index in [1.54, 1.807) is 42.5 Å². The Hall–Kier alpha value is -4.14. The maximum Gasteiger partial charge on any atom is 0.264 e. The first-order valence-electron chi connectivity index (χ1n) is 13.1. The monoisotopic (exact) mass is 589 g/mol. The smallest absolute Gasteiger partial charge is 0.264 e. The molecule has 0 aliphatic heterocycles. The van der Waals surface area contributed by atoms with Crippen molar-refractivity contribution in [1.29, 1.82) is 0 Å². The molecule has 0 unspecified atom stereocenters. The highest BCUT2D eigenvalue weighted by molar-refractivity contribution is 7.92. The summed E-state index contributed by atoms with van der Waals surface area (Å²) in [5.41, 5.74) is 2.95. The molecule has 0 radical (unpaired) electrons. The van der Waals surface area contributed by atoms with Gasteiger partial charge < -0.3 is 10.2 Å². The van der Waals surface area contributed by atoms with Crippen LogP contribution in [-0.2, 0) is 32.6 Å². The van der Waals surface area contributed by atoms with Crippen LogP contribution in [0.3, 0.4) is 0 Å². The zero-order chi connectivity index (χ0) is 29.4. The standard InChI is InChI=1S/C32H32ClN3O4S/c1-24-11-9-10-14-26(24)22-35(30(32(38)34-2)21-25-12-5-3-6-13-25)31(37)23-36(28-19-17-27(33)18-20-28)41(39,40)29-15-7-4-8-16-29/h3-20,30H,21-23H2,1-2H3,(H,34,38)/t30-/m0/s1. The summed E-state index contributed by atoms with van der Waals surface area (Å²) >= 11 is 6.09. The lowest BCUT2D eigenvalue weighted by Gasteiger charge is -2.34. The Labute approximate surface area is 246 Å². The van der Waals surface area contributed by atoms with Gasteiger partial charge in [0.15, 0.2) is 0 Å². The predicted octanol–water partition coefficient (Wildman–Crippen LogP) is 5.23. The van der Waals surface area contributed by atoms with Crippen molar-refractivity contribution in [3.63, 3.8) is 0 Å². The third-order valence-electron chi connectivity index (χ3n) is 6.84. The van der Waals surface area contributed by atoms with Crippen molar-refractivity contribution in [3.05, 3.63) is 131 Å². The largest absolute Gasteiger partial charge is 0.357 e. The molecule has 0 heterocycles. The van der Waals surface area contributed by atoms with Crippen LogP contribution < -0.4 is 9.62 Å². The molecule has 4 aromatic carbocycles. The zero-order valence-corrected chi connectivity index (χ0v) is 24.5. The Morgan fingerprint density at radius 1 is 0.829 bits per heavy atom. The van der Waals surface area contributed by atoms with Gasteiger partial charge in [0.25, 0.3) is 10.0 Å². The predicted molar refractivity (Wildman–Crippen MR) is 162 cm³/mol. The molecule has 2 amide bonds. The second kappa shape index (κ2) is 13.5. The second-order valence-electron chi connectivity index (χ2n) is 9.57. The number of amides is 2. The number of hydrogen-bond donors (Lipinski definition) is 1. The number of hydrogen-bond acceptors (Lipinski definition) is 4. The highest BCUT2D eigenvalue weighted by atomic mass is 35.5. The van der Waals surface area contributed by atoms with Crippen molar-refractivity contribution in [1.82, 2.24) is 10.2 Å². The lowest BCUT2D eigenvalue weighted by Crippen LogP contribution is -2.53. The fourth-order valence-corrected chi connectivity index (χ4v) is 6.11. The molecule has 1 N–H and O–H groups in total. The minimum atomic E-state index is -4.14. The van der Waals surface area contributed by atoms with Gasteiger partial charge in [-0.25, -0.2) is 8.42 Å². The van der Waals surface area contributed by atoms with Crippen LogP contribution in [0.1, 0.15) is 16.7 Å². The first kappa shape index (κ1) is 29.8. The van der Waals surface area contributed by atoms with Gasteiger partial charge in [0.1, 0.15) is 12.6 Å². The van der Waals surface area contributed by atoms with Crippen LogP contribution in [-0.4, -0.2) is 44.8 Å². The van der Waals surface area contributed by atoms with Crippen LogP contribution >= 0.6 is 11.6 Å². The number of sulfonamides is 1. The van der Waals surface area contributed by atoms with E-state index in [-0.39, 0.29) is 29.5 Å². The number of nitrogens with one attached hydrogen (secondary N) is 1. The van der Waals surface area contributed by atoms with E-state index in [0.29, 0.717) is 5.02 Å². The van der Waals surface area contributed by atoms with Crippen molar-refractivity contribution in [2.45, 2.75) is 30.8 Å². The third kappa shape index (κ3) is 7.34. The lowest BCUT2D eigenvalue weighted by atomic mass is 10.0. The summed E-state index contributed by atoms with van der Waals surface area (Å²) in [7, 11) is -2.62. The molecule has 4 rings (SSSR count). The molecule has 0 spiro atoms. The number of anilines is 1. The van der Waals surface area contributed by atoms with Crippen molar-refractivity contribution in [2.24, 2.45) is 0 Å². The lowest BCUT2D eigenvalue weighted by molar-refractivity contribution is -0.139. The topological polar surface area (TPSA) is 86.8 Å². The van der Waals surface area contributed by atoms with Gasteiger partial charge in [0, 0.05) is 25.0 Å². The summed E-state index contributed by atoms with van der Waals surface area (Å²) in [5.74, 6) is -0.869. The number of likely N-dealkylation sites (N-methyl/N-ethyl adjacent to an activating group) is 1. The van der Waals surface area contributed by atoms with Crippen LogP contribution in [0.5, 0.6) is 0 Å². The molecular formula is C32H32ClN3O4S. The molecular weight excluding hydrogens is 558 g/mol. The molecule has 0 bridgehead atoms. The molecule has 9 heteroatoms. The van der Waals surface area contributed by atoms with Crippen LogP contribution in [0.2, 0.25) is 5.02 Å². The molecule has 0 aliphatic carbocycles. The molecule has 0 aliphatic rings. The van der Waals surface area contributed by atoms with Gasteiger partial charge in [-0.1, -0.05) is 84.4 Å². The SMILES string of the molecule is CNC(=O)[C@H](Cc1ccccc1)N(Cc1ccccc1C)C(=O)CN(c1ccc(Cl)cc1)S(=O)(=O)c1ccccc1.